The molecule has 0 aromatic carbocycles. The van der Waals surface area contributed by atoms with Crippen LogP contribution in [0.1, 0.15) is 13.8 Å². The number of Topliss-reactive ketones (excluding diaryl/α,β-unsaturated/α-hetero) is 1. The van der Waals surface area contributed by atoms with Gasteiger partial charge in [-0.25, -0.2) is 0 Å². The standard InChI is InChI=1S/C10H13BrOS/c1-3-13-10(11)7-5-4-6-9(10)8(2)12/h4-7,9H,3H2,1-2H3. The summed E-state index contributed by atoms with van der Waals surface area (Å²) in [6.07, 6.45) is 7.92. The van der Waals surface area contributed by atoms with Crippen LogP contribution in [0.15, 0.2) is 24.3 Å². The van der Waals surface area contributed by atoms with Crippen molar-refractivity contribution in [1.29, 1.82) is 0 Å². The van der Waals surface area contributed by atoms with Gasteiger partial charge in [0, 0.05) is 0 Å². The molecule has 3 heteroatoms. The molecule has 13 heavy (non-hydrogen) atoms. The van der Waals surface area contributed by atoms with Crippen LogP contribution in [-0.4, -0.2) is 15.2 Å². The highest BCUT2D eigenvalue weighted by molar-refractivity contribution is 9.12. The molecule has 0 N–H and O–H groups in total. The second-order valence-corrected chi connectivity index (χ2v) is 6.34. The van der Waals surface area contributed by atoms with Gasteiger partial charge in [-0.05, 0) is 12.7 Å². The van der Waals surface area contributed by atoms with Gasteiger partial charge in [-0.2, -0.15) is 0 Å². The number of hydrogen-bond acceptors (Lipinski definition) is 2. The number of halogens is 1. The zero-order chi connectivity index (χ0) is 9.90. The Morgan fingerprint density at radius 2 is 2.31 bits per heavy atom. The minimum Gasteiger partial charge on any atom is -0.299 e. The van der Waals surface area contributed by atoms with Crippen molar-refractivity contribution in [1.82, 2.24) is 0 Å². The summed E-state index contributed by atoms with van der Waals surface area (Å²) in [4.78, 5) is 11.4. The summed E-state index contributed by atoms with van der Waals surface area (Å²) in [5.41, 5.74) is 0. The Morgan fingerprint density at radius 3 is 2.85 bits per heavy atom. The molecule has 0 fully saturated rings. The van der Waals surface area contributed by atoms with Crippen molar-refractivity contribution in [2.24, 2.45) is 5.92 Å². The molecule has 1 aliphatic rings. The fourth-order valence-electron chi connectivity index (χ4n) is 1.37. The molecule has 0 saturated carbocycles. The van der Waals surface area contributed by atoms with Crippen LogP contribution in [-0.2, 0) is 4.79 Å². The van der Waals surface area contributed by atoms with Crippen LogP contribution in [0.5, 0.6) is 0 Å². The average molecular weight is 261 g/mol. The van der Waals surface area contributed by atoms with Crippen molar-refractivity contribution in [3.63, 3.8) is 0 Å². The highest BCUT2D eigenvalue weighted by Gasteiger charge is 2.36. The van der Waals surface area contributed by atoms with E-state index in [-0.39, 0.29) is 15.4 Å². The Balaban J connectivity index is 2.86. The van der Waals surface area contributed by atoms with Crippen molar-refractivity contribution in [3.05, 3.63) is 24.3 Å². The van der Waals surface area contributed by atoms with E-state index in [2.05, 4.69) is 22.9 Å². The second-order valence-electron chi connectivity index (χ2n) is 2.96. The number of ketones is 1. The quantitative estimate of drug-likeness (QED) is 0.726. The first-order valence-electron chi connectivity index (χ1n) is 4.29. The van der Waals surface area contributed by atoms with Crippen LogP contribution in [0.3, 0.4) is 0 Å². The lowest BCUT2D eigenvalue weighted by atomic mass is 9.96. The molecule has 1 aliphatic carbocycles. The molecule has 0 radical (unpaired) electrons. The van der Waals surface area contributed by atoms with Crippen LogP contribution in [0, 0.1) is 5.92 Å². The van der Waals surface area contributed by atoms with Gasteiger partial charge in [0.1, 0.15) is 9.44 Å². The van der Waals surface area contributed by atoms with Gasteiger partial charge in [0.05, 0.1) is 5.92 Å². The van der Waals surface area contributed by atoms with E-state index in [1.165, 1.54) is 0 Å². The van der Waals surface area contributed by atoms with Gasteiger partial charge < -0.3 is 0 Å². The first-order valence-corrected chi connectivity index (χ1v) is 6.07. The fourth-order valence-corrected chi connectivity index (χ4v) is 3.72. The van der Waals surface area contributed by atoms with Crippen molar-refractivity contribution >= 4 is 33.5 Å². The highest BCUT2D eigenvalue weighted by Crippen LogP contribution is 2.43. The summed E-state index contributed by atoms with van der Waals surface area (Å²) in [6.45, 7) is 3.73. The Morgan fingerprint density at radius 1 is 1.62 bits per heavy atom. The van der Waals surface area contributed by atoms with Gasteiger partial charge in [-0.3, -0.25) is 4.79 Å². The molecule has 2 atom stereocenters. The Labute approximate surface area is 91.8 Å². The molecule has 0 aliphatic heterocycles. The lowest BCUT2D eigenvalue weighted by Gasteiger charge is -2.30. The topological polar surface area (TPSA) is 17.1 Å². The van der Waals surface area contributed by atoms with Crippen molar-refractivity contribution < 1.29 is 4.79 Å². The lowest BCUT2D eigenvalue weighted by Crippen LogP contribution is -2.31. The minimum atomic E-state index is -0.220. The van der Waals surface area contributed by atoms with E-state index in [1.54, 1.807) is 18.7 Å². The number of carbonyl (C=O) groups is 1. The monoisotopic (exact) mass is 260 g/mol. The lowest BCUT2D eigenvalue weighted by molar-refractivity contribution is -0.119. The third-order valence-corrected chi connectivity index (χ3v) is 4.53. The molecule has 0 spiro atoms. The van der Waals surface area contributed by atoms with Crippen molar-refractivity contribution in [2.45, 2.75) is 17.5 Å². The SMILES string of the molecule is CCSC1(Br)C=CC=CC1C(C)=O. The van der Waals surface area contributed by atoms with E-state index in [0.29, 0.717) is 0 Å². The molecule has 0 aromatic heterocycles. The molecular weight excluding hydrogens is 248 g/mol. The summed E-state index contributed by atoms with van der Waals surface area (Å²) < 4.78 is -0.220. The summed E-state index contributed by atoms with van der Waals surface area (Å²) in [6, 6.07) is 0. The first kappa shape index (κ1) is 11.1. The zero-order valence-electron chi connectivity index (χ0n) is 7.79. The number of rotatable bonds is 3. The molecular formula is C10H13BrOS. The molecule has 72 valence electrons. The van der Waals surface area contributed by atoms with Crippen molar-refractivity contribution in [3.8, 4) is 0 Å². The Bertz CT molecular complexity index is 260. The summed E-state index contributed by atoms with van der Waals surface area (Å²) in [5, 5.41) is 0. The van der Waals surface area contributed by atoms with Gasteiger partial charge in [-0.1, -0.05) is 47.2 Å². The maximum Gasteiger partial charge on any atom is 0.139 e. The van der Waals surface area contributed by atoms with Crippen LogP contribution < -0.4 is 0 Å². The van der Waals surface area contributed by atoms with Crippen LogP contribution in [0.2, 0.25) is 0 Å². The van der Waals surface area contributed by atoms with Crippen molar-refractivity contribution in [2.75, 3.05) is 5.75 Å². The Kier molecular flexibility index (Phi) is 3.80. The summed E-state index contributed by atoms with van der Waals surface area (Å²) >= 11 is 5.38. The van der Waals surface area contributed by atoms with Gasteiger partial charge in [-0.15, -0.1) is 11.8 Å². The maximum atomic E-state index is 11.4. The number of carbonyl (C=O) groups excluding carboxylic acids is 1. The molecule has 0 aromatic rings. The molecule has 1 rings (SSSR count). The molecule has 0 saturated heterocycles. The maximum absolute atomic E-state index is 11.4. The Hall–Kier alpha value is -0.0200. The molecule has 0 amide bonds. The van der Waals surface area contributed by atoms with Gasteiger partial charge in [0.2, 0.25) is 0 Å². The normalized spacial score (nSPS) is 32.1. The summed E-state index contributed by atoms with van der Waals surface area (Å²) in [7, 11) is 0. The van der Waals surface area contributed by atoms with E-state index in [9.17, 15) is 4.79 Å². The predicted molar refractivity (Wildman–Crippen MR) is 62.2 cm³/mol. The van der Waals surface area contributed by atoms with Gasteiger partial charge >= 0.3 is 0 Å². The fraction of sp³-hybridized carbons (Fsp3) is 0.500. The van der Waals surface area contributed by atoms with Crippen LogP contribution in [0.25, 0.3) is 0 Å². The molecule has 1 nitrogen and oxygen atoms in total. The van der Waals surface area contributed by atoms with E-state index >= 15 is 0 Å². The number of alkyl halides is 1. The van der Waals surface area contributed by atoms with Gasteiger partial charge in [0.25, 0.3) is 0 Å². The van der Waals surface area contributed by atoms with Crippen LogP contribution >= 0.6 is 27.7 Å². The third-order valence-electron chi connectivity index (χ3n) is 1.97. The average Bonchev–Trinajstić information content (AvgIpc) is 2.04. The van der Waals surface area contributed by atoms with Gasteiger partial charge in [0.15, 0.2) is 0 Å². The van der Waals surface area contributed by atoms with E-state index in [4.69, 9.17) is 0 Å². The van der Waals surface area contributed by atoms with E-state index < -0.39 is 0 Å². The summed E-state index contributed by atoms with van der Waals surface area (Å²) in [5.74, 6) is 1.16. The highest BCUT2D eigenvalue weighted by atomic mass is 79.9. The zero-order valence-corrected chi connectivity index (χ0v) is 10.2. The predicted octanol–water partition coefficient (Wildman–Crippen LogP) is 3.16. The van der Waals surface area contributed by atoms with E-state index in [1.807, 2.05) is 24.3 Å². The first-order chi connectivity index (χ1) is 6.10. The number of allylic oxidation sites excluding steroid dienone is 3. The number of thioether (sulfide) groups is 1. The van der Waals surface area contributed by atoms with Crippen LogP contribution in [0.4, 0.5) is 0 Å². The minimum absolute atomic E-state index is 0.0394. The second kappa shape index (κ2) is 4.47. The molecule has 2 unspecified atom stereocenters. The van der Waals surface area contributed by atoms with E-state index in [0.717, 1.165) is 5.75 Å². The largest absolute Gasteiger partial charge is 0.299 e. The molecule has 0 heterocycles. The third kappa shape index (κ3) is 2.47. The molecule has 0 bridgehead atoms. The smallest absolute Gasteiger partial charge is 0.139 e. The number of hydrogen-bond donors (Lipinski definition) is 0.